The van der Waals surface area contributed by atoms with Crippen LogP contribution in [0.3, 0.4) is 0 Å². The second kappa shape index (κ2) is 12.6. The van der Waals surface area contributed by atoms with E-state index in [1.165, 1.54) is 0 Å². The van der Waals surface area contributed by atoms with Gasteiger partial charge in [-0.2, -0.15) is 0 Å². The Bertz CT molecular complexity index is 64.6. The number of nitrogens with zero attached hydrogens (tertiary/aromatic N) is 1. The monoisotopic (exact) mass is 215 g/mol. The third kappa shape index (κ3) is 8.95. The van der Waals surface area contributed by atoms with E-state index in [9.17, 15) is 0 Å². The van der Waals surface area contributed by atoms with Gasteiger partial charge in [0.2, 0.25) is 0 Å². The van der Waals surface area contributed by atoms with Crippen LogP contribution in [-0.4, -0.2) is 47.6 Å². The fourth-order valence-corrected chi connectivity index (χ4v) is 0.631. The maximum absolute atomic E-state index is 5.21. The van der Waals surface area contributed by atoms with Gasteiger partial charge in [0.1, 0.15) is 0 Å². The van der Waals surface area contributed by atoms with Crippen LogP contribution in [-0.2, 0) is 0 Å². The first-order valence-electron chi connectivity index (χ1n) is 3.10. The van der Waals surface area contributed by atoms with Crippen LogP contribution in [0.1, 0.15) is 13.8 Å². The molecule has 0 aliphatic heterocycles. The van der Waals surface area contributed by atoms with E-state index < -0.39 is 0 Å². The zero-order chi connectivity index (χ0) is 6.41. The van der Waals surface area contributed by atoms with Crippen molar-refractivity contribution in [2.45, 2.75) is 13.8 Å². The number of rotatable bonds is 4. The van der Waals surface area contributed by atoms with E-state index in [2.05, 4.69) is 18.7 Å². The summed E-state index contributed by atoms with van der Waals surface area (Å²) < 4.78 is 0. The zero-order valence-electron chi connectivity index (χ0n) is 6.81. The molecule has 0 rings (SSSR count). The van der Waals surface area contributed by atoms with Gasteiger partial charge in [0.25, 0.3) is 0 Å². The summed E-state index contributed by atoms with van der Waals surface area (Å²) in [4.78, 5) is 2.25. The van der Waals surface area contributed by atoms with Crippen molar-refractivity contribution in [2.24, 2.45) is 0 Å². The Labute approximate surface area is 90.8 Å². The van der Waals surface area contributed by atoms with Crippen LogP contribution in [0.4, 0.5) is 0 Å². The Balaban J connectivity index is -0.000000245. The normalized spacial score (nSPS) is 7.90. The van der Waals surface area contributed by atoms with Gasteiger partial charge in [0.15, 0.2) is 0 Å². The van der Waals surface area contributed by atoms with E-state index in [1.807, 2.05) is 0 Å². The van der Waals surface area contributed by atoms with Gasteiger partial charge in [-0.05, 0) is 19.6 Å². The molecule has 0 heterocycles. The number of hydrogen-bond acceptors (Lipinski definition) is 1. The van der Waals surface area contributed by atoms with Gasteiger partial charge < -0.3 is 28.5 Å². The molecule has 0 amide bonds. The molecule has 0 aliphatic carbocycles. The minimum atomic E-state index is 0. The first-order valence-corrected chi connectivity index (χ1v) is 3.10. The molecule has 0 fully saturated rings. The average Bonchev–Trinajstić information content (AvgIpc) is 1.83. The van der Waals surface area contributed by atoms with Crippen molar-refractivity contribution in [1.29, 1.82) is 0 Å². The predicted octanol–water partition coefficient (Wildman–Crippen LogP) is -2.06. The summed E-state index contributed by atoms with van der Waals surface area (Å²) in [6, 6.07) is 0. The van der Waals surface area contributed by atoms with Crippen molar-refractivity contribution >= 4 is 23.1 Å². The van der Waals surface area contributed by atoms with Crippen molar-refractivity contribution in [3.05, 3.63) is 12.7 Å². The molecule has 1 nitrogen and oxygen atoms in total. The van der Waals surface area contributed by atoms with Gasteiger partial charge in [0.05, 0.1) is 0 Å². The fraction of sp³-hybridized carbons (Fsp3) is 0.714. The summed E-state index contributed by atoms with van der Waals surface area (Å²) in [7, 11) is 0. The van der Waals surface area contributed by atoms with Crippen molar-refractivity contribution in [2.75, 3.05) is 19.6 Å². The predicted molar refractivity (Wildman–Crippen MR) is 42.4 cm³/mol. The third-order valence-electron chi connectivity index (χ3n) is 1.26. The summed E-state index contributed by atoms with van der Waals surface area (Å²) in [5.41, 5.74) is 0. The van der Waals surface area contributed by atoms with Crippen molar-refractivity contribution in [1.82, 2.24) is 4.90 Å². The van der Waals surface area contributed by atoms with Gasteiger partial charge in [0, 0.05) is 0 Å². The largest absolute Gasteiger partial charge is 2.00 e. The molecule has 0 aromatic heterocycles. The first kappa shape index (κ1) is 17.1. The maximum atomic E-state index is 5.21. The second-order valence-electron chi connectivity index (χ2n) is 1.72. The van der Waals surface area contributed by atoms with Crippen LogP contribution in [0.25, 0.3) is 0 Å². The molecule has 0 N–H and O–H groups in total. The summed E-state index contributed by atoms with van der Waals surface area (Å²) in [6.07, 6.45) is 1.69. The van der Waals surface area contributed by atoms with Crippen molar-refractivity contribution < 1.29 is 17.0 Å². The molecular formula is C7H14BrMgN. The smallest absolute Gasteiger partial charge is 1.00 e. The van der Waals surface area contributed by atoms with Gasteiger partial charge in [-0.1, -0.05) is 13.8 Å². The van der Waals surface area contributed by atoms with Crippen LogP contribution in [0, 0.1) is 6.58 Å². The second-order valence-corrected chi connectivity index (χ2v) is 1.72. The minimum Gasteiger partial charge on any atom is -1.00 e. The van der Waals surface area contributed by atoms with Crippen LogP contribution in [0.5, 0.6) is 0 Å². The van der Waals surface area contributed by atoms with E-state index in [-0.39, 0.29) is 40.0 Å². The molecule has 0 aliphatic rings. The van der Waals surface area contributed by atoms with Crippen LogP contribution in [0.15, 0.2) is 6.08 Å². The van der Waals surface area contributed by atoms with E-state index in [1.54, 1.807) is 6.08 Å². The molecule has 0 radical (unpaired) electrons. The Kier molecular flexibility index (Phi) is 21.6. The maximum Gasteiger partial charge on any atom is 2.00 e. The summed E-state index contributed by atoms with van der Waals surface area (Å²) in [5.74, 6) is 0. The molecule has 10 heavy (non-hydrogen) atoms. The Morgan fingerprint density at radius 2 is 1.70 bits per heavy atom. The molecule has 0 aromatic rings. The quantitative estimate of drug-likeness (QED) is 0.386. The van der Waals surface area contributed by atoms with E-state index in [0.717, 1.165) is 19.6 Å². The molecule has 0 atom stereocenters. The Morgan fingerprint density at radius 3 is 1.80 bits per heavy atom. The Morgan fingerprint density at radius 1 is 1.30 bits per heavy atom. The number of halogens is 1. The molecule has 0 saturated carbocycles. The van der Waals surface area contributed by atoms with Crippen molar-refractivity contribution in [3.8, 4) is 0 Å². The Hall–Kier alpha value is 0.946. The van der Waals surface area contributed by atoms with Crippen LogP contribution in [0.2, 0.25) is 0 Å². The minimum absolute atomic E-state index is 0. The molecule has 56 valence electrons. The van der Waals surface area contributed by atoms with Gasteiger partial charge >= 0.3 is 23.1 Å². The SMILES string of the molecule is [Br-].[CH-]=CCN(CC)CC.[Mg+2]. The van der Waals surface area contributed by atoms with Crippen LogP contribution >= 0.6 is 0 Å². The molecule has 0 aromatic carbocycles. The van der Waals surface area contributed by atoms with Gasteiger partial charge in [-0.25, -0.2) is 0 Å². The molecule has 0 spiro atoms. The topological polar surface area (TPSA) is 3.24 Å². The zero-order valence-corrected chi connectivity index (χ0v) is 9.81. The number of likely N-dealkylation sites (N-methyl/N-ethyl adjacent to an activating group) is 1. The molecule has 0 unspecified atom stereocenters. The number of hydrogen-bond donors (Lipinski definition) is 0. The first-order chi connectivity index (χ1) is 3.85. The van der Waals surface area contributed by atoms with Gasteiger partial charge in [-0.3, -0.25) is 6.08 Å². The van der Waals surface area contributed by atoms with E-state index in [0.29, 0.717) is 0 Å². The molecule has 3 heteroatoms. The summed E-state index contributed by atoms with van der Waals surface area (Å²) in [5, 5.41) is 0. The summed E-state index contributed by atoms with van der Waals surface area (Å²) in [6.45, 7) is 12.6. The molecule has 0 saturated heterocycles. The fourth-order valence-electron chi connectivity index (χ4n) is 0.631. The van der Waals surface area contributed by atoms with Crippen molar-refractivity contribution in [3.63, 3.8) is 0 Å². The van der Waals surface area contributed by atoms with E-state index in [4.69, 9.17) is 6.58 Å². The standard InChI is InChI=1S/C7H14N.BrH.Mg/c1-4-7-8(5-2)6-3;;/h1,4H,5-7H2,2-3H3;1H;/q-1;;+2/p-1. The third-order valence-corrected chi connectivity index (χ3v) is 1.26. The van der Waals surface area contributed by atoms with E-state index >= 15 is 0 Å². The average molecular weight is 216 g/mol. The molecular weight excluding hydrogens is 202 g/mol. The van der Waals surface area contributed by atoms with Gasteiger partial charge in [-0.15, -0.1) is 0 Å². The molecule has 0 bridgehead atoms. The summed E-state index contributed by atoms with van der Waals surface area (Å²) >= 11 is 0. The van der Waals surface area contributed by atoms with Crippen LogP contribution < -0.4 is 17.0 Å².